The van der Waals surface area contributed by atoms with Crippen molar-refractivity contribution in [2.45, 2.75) is 20.3 Å². The molecule has 1 aromatic rings. The number of aryl methyl sites for hydroxylation is 1. The first-order chi connectivity index (χ1) is 5.16. The Hall–Kier alpha value is -1.18. The first kappa shape index (κ1) is 7.92. The monoisotopic (exact) mass is 152 g/mol. The lowest BCUT2D eigenvalue weighted by Gasteiger charge is -2.05. The van der Waals surface area contributed by atoms with Crippen molar-refractivity contribution in [2.75, 3.05) is 0 Å². The maximum Gasteiger partial charge on any atom is 0.125 e. The summed E-state index contributed by atoms with van der Waals surface area (Å²) in [5.74, 6) is 0.368. The van der Waals surface area contributed by atoms with Crippen molar-refractivity contribution in [3.05, 3.63) is 23.3 Å². The number of phenols is 2. The van der Waals surface area contributed by atoms with Crippen LogP contribution in [0, 0.1) is 6.92 Å². The Kier molecular flexibility index (Phi) is 2.03. The fourth-order valence-corrected chi connectivity index (χ4v) is 1.03. The third kappa shape index (κ3) is 1.29. The standard InChI is InChI=1S/C9H12O2/c1-3-7-4-5-8(10)6(2)9(7)11/h4-5,10-11H,3H2,1-2H3. The maximum atomic E-state index is 9.42. The summed E-state index contributed by atoms with van der Waals surface area (Å²) in [6.45, 7) is 3.66. The molecule has 0 aromatic heterocycles. The Balaban J connectivity index is 3.25. The molecule has 0 aliphatic carbocycles. The summed E-state index contributed by atoms with van der Waals surface area (Å²) in [5, 5.41) is 18.6. The molecule has 0 amide bonds. The third-order valence-corrected chi connectivity index (χ3v) is 1.87. The summed E-state index contributed by atoms with van der Waals surface area (Å²) in [6.07, 6.45) is 0.785. The molecule has 0 aliphatic heterocycles. The van der Waals surface area contributed by atoms with Crippen LogP contribution in [0.2, 0.25) is 0 Å². The molecule has 60 valence electrons. The predicted molar refractivity (Wildman–Crippen MR) is 43.9 cm³/mol. The molecule has 0 saturated heterocycles. The smallest absolute Gasteiger partial charge is 0.125 e. The second-order valence-electron chi connectivity index (χ2n) is 2.57. The van der Waals surface area contributed by atoms with E-state index in [2.05, 4.69) is 0 Å². The minimum absolute atomic E-state index is 0.153. The molecule has 0 bridgehead atoms. The van der Waals surface area contributed by atoms with Gasteiger partial charge in [-0.1, -0.05) is 13.0 Å². The predicted octanol–water partition coefficient (Wildman–Crippen LogP) is 1.97. The molecule has 2 N–H and O–H groups in total. The Morgan fingerprint density at radius 3 is 2.45 bits per heavy atom. The molecule has 2 heteroatoms. The van der Waals surface area contributed by atoms with Crippen molar-refractivity contribution >= 4 is 0 Å². The zero-order valence-electron chi connectivity index (χ0n) is 6.76. The fourth-order valence-electron chi connectivity index (χ4n) is 1.03. The molecule has 0 radical (unpaired) electrons. The highest BCUT2D eigenvalue weighted by atomic mass is 16.3. The second-order valence-corrected chi connectivity index (χ2v) is 2.57. The van der Waals surface area contributed by atoms with Crippen LogP contribution in [0.25, 0.3) is 0 Å². The van der Waals surface area contributed by atoms with Crippen LogP contribution in [0.3, 0.4) is 0 Å². The van der Waals surface area contributed by atoms with E-state index in [1.807, 2.05) is 6.92 Å². The molecule has 11 heavy (non-hydrogen) atoms. The molecule has 0 aliphatic rings. The van der Waals surface area contributed by atoms with Gasteiger partial charge in [-0.15, -0.1) is 0 Å². The van der Waals surface area contributed by atoms with Crippen LogP contribution in [-0.4, -0.2) is 10.2 Å². The molecule has 0 unspecified atom stereocenters. The van der Waals surface area contributed by atoms with Gasteiger partial charge in [0.1, 0.15) is 11.5 Å². The first-order valence-corrected chi connectivity index (χ1v) is 3.67. The molecule has 0 heterocycles. The van der Waals surface area contributed by atoms with E-state index in [9.17, 15) is 5.11 Å². The quantitative estimate of drug-likeness (QED) is 0.645. The van der Waals surface area contributed by atoms with E-state index >= 15 is 0 Å². The van der Waals surface area contributed by atoms with Gasteiger partial charge in [-0.2, -0.15) is 0 Å². The van der Waals surface area contributed by atoms with E-state index in [1.165, 1.54) is 0 Å². The van der Waals surface area contributed by atoms with Crippen LogP contribution in [0.4, 0.5) is 0 Å². The van der Waals surface area contributed by atoms with Gasteiger partial charge >= 0.3 is 0 Å². The topological polar surface area (TPSA) is 40.5 Å². The van der Waals surface area contributed by atoms with Crippen molar-refractivity contribution in [1.29, 1.82) is 0 Å². The van der Waals surface area contributed by atoms with E-state index < -0.39 is 0 Å². The number of hydrogen-bond donors (Lipinski definition) is 2. The normalized spacial score (nSPS) is 10.0. The molecule has 2 nitrogen and oxygen atoms in total. The molecular formula is C9H12O2. The largest absolute Gasteiger partial charge is 0.508 e. The van der Waals surface area contributed by atoms with Crippen molar-refractivity contribution in [1.82, 2.24) is 0 Å². The molecule has 0 spiro atoms. The number of phenolic OH excluding ortho intramolecular Hbond substituents is 2. The van der Waals surface area contributed by atoms with Crippen LogP contribution in [-0.2, 0) is 6.42 Å². The molecule has 0 saturated carbocycles. The highest BCUT2D eigenvalue weighted by molar-refractivity contribution is 5.47. The zero-order chi connectivity index (χ0) is 8.43. The van der Waals surface area contributed by atoms with E-state index in [0.717, 1.165) is 12.0 Å². The van der Waals surface area contributed by atoms with Gasteiger partial charge in [-0.05, 0) is 25.0 Å². The van der Waals surface area contributed by atoms with Crippen molar-refractivity contribution in [3.63, 3.8) is 0 Å². The summed E-state index contributed by atoms with van der Waals surface area (Å²) in [7, 11) is 0. The highest BCUT2D eigenvalue weighted by Crippen LogP contribution is 2.29. The van der Waals surface area contributed by atoms with Gasteiger partial charge < -0.3 is 10.2 Å². The van der Waals surface area contributed by atoms with E-state index in [-0.39, 0.29) is 11.5 Å². The number of rotatable bonds is 1. The second kappa shape index (κ2) is 2.82. The van der Waals surface area contributed by atoms with Gasteiger partial charge in [0, 0.05) is 5.56 Å². The van der Waals surface area contributed by atoms with E-state index in [0.29, 0.717) is 5.56 Å². The fraction of sp³-hybridized carbons (Fsp3) is 0.333. The van der Waals surface area contributed by atoms with Crippen molar-refractivity contribution in [3.8, 4) is 11.5 Å². The first-order valence-electron chi connectivity index (χ1n) is 3.67. The van der Waals surface area contributed by atoms with E-state index in [1.54, 1.807) is 19.1 Å². The van der Waals surface area contributed by atoms with Crippen LogP contribution >= 0.6 is 0 Å². The SMILES string of the molecule is CCc1ccc(O)c(C)c1O. The van der Waals surface area contributed by atoms with Gasteiger partial charge in [0.05, 0.1) is 0 Å². The van der Waals surface area contributed by atoms with Crippen LogP contribution < -0.4 is 0 Å². The molecule has 1 rings (SSSR count). The maximum absolute atomic E-state index is 9.42. The Morgan fingerprint density at radius 1 is 1.27 bits per heavy atom. The Labute approximate surface area is 66.1 Å². The Morgan fingerprint density at radius 2 is 1.91 bits per heavy atom. The summed E-state index contributed by atoms with van der Waals surface area (Å²) in [4.78, 5) is 0. The van der Waals surface area contributed by atoms with Crippen LogP contribution in [0.15, 0.2) is 12.1 Å². The minimum atomic E-state index is 0.153. The summed E-state index contributed by atoms with van der Waals surface area (Å²) in [5.41, 5.74) is 1.43. The Bertz CT molecular complexity index is 267. The van der Waals surface area contributed by atoms with Crippen molar-refractivity contribution < 1.29 is 10.2 Å². The van der Waals surface area contributed by atoms with Gasteiger partial charge in [-0.3, -0.25) is 0 Å². The van der Waals surface area contributed by atoms with Gasteiger partial charge in [0.15, 0.2) is 0 Å². The van der Waals surface area contributed by atoms with E-state index in [4.69, 9.17) is 5.11 Å². The lowest BCUT2D eigenvalue weighted by molar-refractivity contribution is 0.439. The van der Waals surface area contributed by atoms with Gasteiger partial charge in [0.25, 0.3) is 0 Å². The highest BCUT2D eigenvalue weighted by Gasteiger charge is 2.05. The number of aromatic hydroxyl groups is 2. The van der Waals surface area contributed by atoms with Crippen LogP contribution in [0.1, 0.15) is 18.1 Å². The number of hydrogen-bond acceptors (Lipinski definition) is 2. The zero-order valence-corrected chi connectivity index (χ0v) is 6.76. The van der Waals surface area contributed by atoms with Crippen LogP contribution in [0.5, 0.6) is 11.5 Å². The molecule has 0 atom stereocenters. The average molecular weight is 152 g/mol. The molecular weight excluding hydrogens is 140 g/mol. The summed E-state index contributed by atoms with van der Waals surface area (Å²) in [6, 6.07) is 3.34. The van der Waals surface area contributed by atoms with Gasteiger partial charge in [0.2, 0.25) is 0 Å². The molecule has 1 aromatic carbocycles. The lowest BCUT2D eigenvalue weighted by Crippen LogP contribution is -1.84. The minimum Gasteiger partial charge on any atom is -0.508 e. The average Bonchev–Trinajstić information content (AvgIpc) is 2.01. The number of benzene rings is 1. The summed E-state index contributed by atoms with van der Waals surface area (Å²) >= 11 is 0. The molecule has 0 fully saturated rings. The van der Waals surface area contributed by atoms with Gasteiger partial charge in [-0.25, -0.2) is 0 Å². The summed E-state index contributed by atoms with van der Waals surface area (Å²) < 4.78 is 0. The van der Waals surface area contributed by atoms with Crippen molar-refractivity contribution in [2.24, 2.45) is 0 Å². The third-order valence-electron chi connectivity index (χ3n) is 1.87. The lowest BCUT2D eigenvalue weighted by atomic mass is 10.1.